The zero-order chi connectivity index (χ0) is 13.8. The molecule has 0 saturated heterocycles. The lowest BCUT2D eigenvalue weighted by Crippen LogP contribution is -2.18. The number of nitrogens with zero attached hydrogens (tertiary/aromatic N) is 2. The molecular weight excluding hydrogens is 242 g/mol. The second kappa shape index (κ2) is 5.39. The van der Waals surface area contributed by atoms with Crippen molar-refractivity contribution in [2.24, 2.45) is 0 Å². The molecular formula is C14H15N3O2. The van der Waals surface area contributed by atoms with Crippen LogP contribution in [-0.2, 0) is 6.54 Å². The molecule has 0 radical (unpaired) electrons. The van der Waals surface area contributed by atoms with Gasteiger partial charge in [-0.25, -0.2) is 4.79 Å². The van der Waals surface area contributed by atoms with Crippen LogP contribution in [0.3, 0.4) is 0 Å². The Morgan fingerprint density at radius 2 is 2.21 bits per heavy atom. The van der Waals surface area contributed by atoms with Crippen molar-refractivity contribution in [1.82, 2.24) is 4.98 Å². The summed E-state index contributed by atoms with van der Waals surface area (Å²) in [5.41, 5.74) is 8.40. The molecule has 0 aliphatic rings. The molecule has 0 aliphatic carbocycles. The number of carboxylic acids is 1. The van der Waals surface area contributed by atoms with Gasteiger partial charge < -0.3 is 15.7 Å². The molecule has 2 rings (SSSR count). The maximum Gasteiger partial charge on any atom is 0.335 e. The van der Waals surface area contributed by atoms with Gasteiger partial charge in [-0.3, -0.25) is 4.98 Å². The van der Waals surface area contributed by atoms with Gasteiger partial charge in [0.1, 0.15) is 0 Å². The Balaban J connectivity index is 2.25. The molecule has 5 heteroatoms. The summed E-state index contributed by atoms with van der Waals surface area (Å²) in [4.78, 5) is 16.9. The second-order valence-corrected chi connectivity index (χ2v) is 4.30. The number of hydrogen-bond donors (Lipinski definition) is 2. The summed E-state index contributed by atoms with van der Waals surface area (Å²) >= 11 is 0. The van der Waals surface area contributed by atoms with Gasteiger partial charge in [0.05, 0.1) is 16.9 Å². The van der Waals surface area contributed by atoms with Gasteiger partial charge in [-0.1, -0.05) is 6.07 Å². The van der Waals surface area contributed by atoms with Gasteiger partial charge in [-0.15, -0.1) is 0 Å². The second-order valence-electron chi connectivity index (χ2n) is 4.30. The quantitative estimate of drug-likeness (QED) is 0.819. The molecule has 1 aromatic carbocycles. The summed E-state index contributed by atoms with van der Waals surface area (Å²) < 4.78 is 0. The van der Waals surface area contributed by atoms with Crippen molar-refractivity contribution >= 4 is 17.3 Å². The number of pyridine rings is 1. The van der Waals surface area contributed by atoms with Crippen molar-refractivity contribution < 1.29 is 9.90 Å². The van der Waals surface area contributed by atoms with Crippen LogP contribution in [-0.4, -0.2) is 23.1 Å². The number of rotatable bonds is 4. The van der Waals surface area contributed by atoms with Crippen LogP contribution in [0.5, 0.6) is 0 Å². The summed E-state index contributed by atoms with van der Waals surface area (Å²) in [7, 11) is 1.87. The number of anilines is 2. The molecule has 98 valence electrons. The van der Waals surface area contributed by atoms with E-state index in [4.69, 9.17) is 10.8 Å². The van der Waals surface area contributed by atoms with E-state index in [-0.39, 0.29) is 5.56 Å². The van der Waals surface area contributed by atoms with E-state index in [1.165, 1.54) is 6.07 Å². The van der Waals surface area contributed by atoms with E-state index in [1.54, 1.807) is 24.5 Å². The van der Waals surface area contributed by atoms with Gasteiger partial charge in [0, 0.05) is 26.0 Å². The van der Waals surface area contributed by atoms with Gasteiger partial charge in [0.25, 0.3) is 0 Å². The van der Waals surface area contributed by atoms with Crippen molar-refractivity contribution in [3.8, 4) is 0 Å². The third-order valence-corrected chi connectivity index (χ3v) is 2.83. The van der Waals surface area contributed by atoms with Crippen LogP contribution in [0.25, 0.3) is 0 Å². The first-order valence-electron chi connectivity index (χ1n) is 5.81. The average Bonchev–Trinajstić information content (AvgIpc) is 2.40. The lowest BCUT2D eigenvalue weighted by Gasteiger charge is -2.21. The summed E-state index contributed by atoms with van der Waals surface area (Å²) in [6, 6.07) is 8.51. The number of benzene rings is 1. The van der Waals surface area contributed by atoms with E-state index in [0.717, 1.165) is 5.56 Å². The first kappa shape index (κ1) is 12.9. The highest BCUT2D eigenvalue weighted by molar-refractivity contribution is 5.90. The molecule has 5 nitrogen and oxygen atoms in total. The number of aromatic nitrogens is 1. The smallest absolute Gasteiger partial charge is 0.335 e. The summed E-state index contributed by atoms with van der Waals surface area (Å²) in [6.07, 6.45) is 3.48. The van der Waals surface area contributed by atoms with Gasteiger partial charge >= 0.3 is 5.97 Å². The number of aromatic carboxylic acids is 1. The molecule has 0 atom stereocenters. The first-order valence-corrected chi connectivity index (χ1v) is 5.81. The predicted octanol–water partition coefficient (Wildman–Crippen LogP) is 2.00. The van der Waals surface area contributed by atoms with Crippen molar-refractivity contribution in [2.75, 3.05) is 17.7 Å². The fourth-order valence-corrected chi connectivity index (χ4v) is 1.86. The normalized spacial score (nSPS) is 10.2. The van der Waals surface area contributed by atoms with Crippen LogP contribution in [0.1, 0.15) is 15.9 Å². The Morgan fingerprint density at radius 3 is 2.84 bits per heavy atom. The monoisotopic (exact) mass is 257 g/mol. The lowest BCUT2D eigenvalue weighted by atomic mass is 10.1. The summed E-state index contributed by atoms with van der Waals surface area (Å²) in [5, 5.41) is 9.00. The third kappa shape index (κ3) is 3.01. The Hall–Kier alpha value is -2.56. The molecule has 0 aliphatic heterocycles. The van der Waals surface area contributed by atoms with E-state index in [2.05, 4.69) is 4.98 Å². The summed E-state index contributed by atoms with van der Waals surface area (Å²) in [5.74, 6) is -0.962. The van der Waals surface area contributed by atoms with Crippen LogP contribution in [0.15, 0.2) is 42.7 Å². The minimum absolute atomic E-state index is 0.224. The van der Waals surface area contributed by atoms with E-state index in [0.29, 0.717) is 17.9 Å². The molecule has 2 aromatic rings. The Bertz CT molecular complexity index is 584. The fraction of sp³-hybridized carbons (Fsp3) is 0.143. The number of hydrogen-bond acceptors (Lipinski definition) is 4. The van der Waals surface area contributed by atoms with E-state index < -0.39 is 5.97 Å². The highest BCUT2D eigenvalue weighted by Gasteiger charge is 2.10. The zero-order valence-corrected chi connectivity index (χ0v) is 10.6. The average molecular weight is 257 g/mol. The number of carbonyl (C=O) groups is 1. The minimum Gasteiger partial charge on any atom is -0.478 e. The molecule has 0 bridgehead atoms. The van der Waals surface area contributed by atoms with Gasteiger partial charge in [-0.2, -0.15) is 0 Å². The Kier molecular flexibility index (Phi) is 3.66. The molecule has 0 amide bonds. The molecule has 0 spiro atoms. The fourth-order valence-electron chi connectivity index (χ4n) is 1.86. The Labute approximate surface area is 111 Å². The molecule has 1 heterocycles. The van der Waals surface area contributed by atoms with Gasteiger partial charge in [0.15, 0.2) is 0 Å². The molecule has 0 saturated carbocycles. The molecule has 19 heavy (non-hydrogen) atoms. The van der Waals surface area contributed by atoms with Crippen LogP contribution in [0, 0.1) is 0 Å². The summed E-state index contributed by atoms with van der Waals surface area (Å²) in [6.45, 7) is 0.612. The van der Waals surface area contributed by atoms with Crippen LogP contribution < -0.4 is 10.6 Å². The van der Waals surface area contributed by atoms with E-state index >= 15 is 0 Å². The number of carboxylic acid groups (broad SMARTS) is 1. The van der Waals surface area contributed by atoms with E-state index in [1.807, 2.05) is 24.1 Å². The maximum atomic E-state index is 11.0. The SMILES string of the molecule is CN(Cc1cccnc1)c1cc(C(=O)O)ccc1N. The third-order valence-electron chi connectivity index (χ3n) is 2.83. The van der Waals surface area contributed by atoms with Crippen LogP contribution in [0.2, 0.25) is 0 Å². The van der Waals surface area contributed by atoms with Crippen molar-refractivity contribution in [2.45, 2.75) is 6.54 Å². The standard InChI is InChI=1S/C14H15N3O2/c1-17(9-10-3-2-6-16-8-10)13-7-11(14(18)19)4-5-12(13)15/h2-8H,9,15H2,1H3,(H,18,19). The lowest BCUT2D eigenvalue weighted by molar-refractivity contribution is 0.0697. The zero-order valence-electron chi connectivity index (χ0n) is 10.6. The number of nitrogen functional groups attached to an aromatic ring is 1. The maximum absolute atomic E-state index is 11.0. The van der Waals surface area contributed by atoms with Crippen molar-refractivity contribution in [1.29, 1.82) is 0 Å². The Morgan fingerprint density at radius 1 is 1.42 bits per heavy atom. The molecule has 3 N–H and O–H groups in total. The van der Waals surface area contributed by atoms with Crippen molar-refractivity contribution in [3.63, 3.8) is 0 Å². The molecule has 0 fully saturated rings. The minimum atomic E-state index is -0.962. The van der Waals surface area contributed by atoms with Gasteiger partial charge in [-0.05, 0) is 29.8 Å². The van der Waals surface area contributed by atoms with Crippen LogP contribution >= 0.6 is 0 Å². The molecule has 1 aromatic heterocycles. The molecule has 0 unspecified atom stereocenters. The highest BCUT2D eigenvalue weighted by Crippen LogP contribution is 2.24. The van der Waals surface area contributed by atoms with Crippen molar-refractivity contribution in [3.05, 3.63) is 53.9 Å². The van der Waals surface area contributed by atoms with Crippen LogP contribution in [0.4, 0.5) is 11.4 Å². The number of nitrogens with two attached hydrogens (primary N) is 1. The largest absolute Gasteiger partial charge is 0.478 e. The van der Waals surface area contributed by atoms with E-state index in [9.17, 15) is 4.79 Å². The predicted molar refractivity (Wildman–Crippen MR) is 74.2 cm³/mol. The first-order chi connectivity index (χ1) is 9.08. The van der Waals surface area contributed by atoms with Gasteiger partial charge in [0.2, 0.25) is 0 Å². The highest BCUT2D eigenvalue weighted by atomic mass is 16.4. The topological polar surface area (TPSA) is 79.5 Å².